The molecule has 0 saturated carbocycles. The van der Waals surface area contributed by atoms with Crippen LogP contribution in [0.1, 0.15) is 48.7 Å². The number of aromatic hydroxyl groups is 1. The monoisotopic (exact) mass is 447 g/mol. The predicted molar refractivity (Wildman–Crippen MR) is 99.8 cm³/mol. The third-order valence-electron chi connectivity index (χ3n) is 4.22. The van der Waals surface area contributed by atoms with Gasteiger partial charge in [0.1, 0.15) is 5.75 Å². The second-order valence-electron chi connectivity index (χ2n) is 6.65. The third kappa shape index (κ3) is 4.82. The Labute approximate surface area is 163 Å². The first-order chi connectivity index (χ1) is 12.4. The molecule has 27 heavy (non-hydrogen) atoms. The van der Waals surface area contributed by atoms with Gasteiger partial charge in [-0.1, -0.05) is 13.8 Å². The van der Waals surface area contributed by atoms with E-state index in [2.05, 4.69) is 26.3 Å². The number of aromatic nitrogens is 2. The van der Waals surface area contributed by atoms with E-state index in [1.54, 1.807) is 19.1 Å². The van der Waals surface area contributed by atoms with E-state index in [-0.39, 0.29) is 35.0 Å². The van der Waals surface area contributed by atoms with Gasteiger partial charge in [-0.25, -0.2) is 0 Å². The van der Waals surface area contributed by atoms with Crippen LogP contribution >= 0.6 is 15.9 Å². The number of rotatable bonds is 5. The standard InChI is InChI=1S/C18H21BrF3N3O2/c1-9(2)12-8-13(10(3)7-14(12)26)23-15(27)5-6-25-11(4)16(19)17(24-25)18(20,21)22/h7-9,26H,5-6H2,1-4H3,(H,23,27). The highest BCUT2D eigenvalue weighted by molar-refractivity contribution is 9.10. The van der Waals surface area contributed by atoms with Gasteiger partial charge in [-0.05, 0) is 59.0 Å². The summed E-state index contributed by atoms with van der Waals surface area (Å²) in [4.78, 5) is 12.3. The Bertz CT molecular complexity index is 861. The quantitative estimate of drug-likeness (QED) is 0.623. The molecule has 0 aliphatic rings. The highest BCUT2D eigenvalue weighted by Gasteiger charge is 2.37. The molecule has 9 heteroatoms. The van der Waals surface area contributed by atoms with Crippen LogP contribution < -0.4 is 5.32 Å². The number of phenolic OH excluding ortho intramolecular Hbond substituents is 1. The summed E-state index contributed by atoms with van der Waals surface area (Å²) in [5.74, 6) is -0.110. The molecule has 0 fully saturated rings. The summed E-state index contributed by atoms with van der Waals surface area (Å²) >= 11 is 2.91. The van der Waals surface area contributed by atoms with Gasteiger partial charge in [0.2, 0.25) is 5.91 Å². The molecule has 2 rings (SSSR count). The lowest BCUT2D eigenvalue weighted by molar-refractivity contribution is -0.142. The van der Waals surface area contributed by atoms with Gasteiger partial charge >= 0.3 is 6.18 Å². The van der Waals surface area contributed by atoms with Gasteiger partial charge in [-0.3, -0.25) is 9.48 Å². The number of carbonyl (C=O) groups is 1. The zero-order chi connectivity index (χ0) is 20.5. The maximum absolute atomic E-state index is 12.9. The van der Waals surface area contributed by atoms with Crippen LogP contribution in [0.15, 0.2) is 16.6 Å². The fourth-order valence-electron chi connectivity index (χ4n) is 2.65. The van der Waals surface area contributed by atoms with Crippen LogP contribution in [0.25, 0.3) is 0 Å². The Morgan fingerprint density at radius 1 is 1.33 bits per heavy atom. The smallest absolute Gasteiger partial charge is 0.436 e. The number of benzene rings is 1. The summed E-state index contributed by atoms with van der Waals surface area (Å²) in [6.07, 6.45) is -4.60. The van der Waals surface area contributed by atoms with Crippen molar-refractivity contribution in [1.29, 1.82) is 0 Å². The number of amides is 1. The highest BCUT2D eigenvalue weighted by Crippen LogP contribution is 2.35. The molecule has 0 bridgehead atoms. The molecule has 0 aliphatic heterocycles. The second-order valence-corrected chi connectivity index (χ2v) is 7.44. The summed E-state index contributed by atoms with van der Waals surface area (Å²) in [7, 11) is 0. The third-order valence-corrected chi connectivity index (χ3v) is 5.17. The summed E-state index contributed by atoms with van der Waals surface area (Å²) < 4.78 is 39.8. The van der Waals surface area contributed by atoms with Gasteiger partial charge in [-0.15, -0.1) is 0 Å². The van der Waals surface area contributed by atoms with Crippen molar-refractivity contribution in [2.24, 2.45) is 0 Å². The predicted octanol–water partition coefficient (Wildman–Crippen LogP) is 5.14. The number of hydrogen-bond acceptors (Lipinski definition) is 3. The van der Waals surface area contributed by atoms with Gasteiger partial charge in [0, 0.05) is 12.1 Å². The van der Waals surface area contributed by atoms with Crippen LogP contribution in [0.3, 0.4) is 0 Å². The van der Waals surface area contributed by atoms with Crippen molar-refractivity contribution in [1.82, 2.24) is 9.78 Å². The van der Waals surface area contributed by atoms with E-state index < -0.39 is 11.9 Å². The molecule has 0 saturated heterocycles. The molecule has 0 radical (unpaired) electrons. The Balaban J connectivity index is 2.11. The zero-order valence-electron chi connectivity index (χ0n) is 15.4. The lowest BCUT2D eigenvalue weighted by Gasteiger charge is -2.14. The lowest BCUT2D eigenvalue weighted by Crippen LogP contribution is -2.17. The lowest BCUT2D eigenvalue weighted by atomic mass is 9.99. The number of alkyl halides is 3. The molecule has 1 aromatic heterocycles. The number of phenols is 1. The molecule has 1 aromatic carbocycles. The first kappa shape index (κ1) is 21.3. The number of halogens is 4. The Hall–Kier alpha value is -2.03. The summed E-state index contributed by atoms with van der Waals surface area (Å²) in [6, 6.07) is 3.29. The highest BCUT2D eigenvalue weighted by atomic mass is 79.9. The molecule has 1 amide bonds. The van der Waals surface area contributed by atoms with E-state index >= 15 is 0 Å². The second kappa shape index (κ2) is 7.92. The van der Waals surface area contributed by atoms with Crippen molar-refractivity contribution in [2.75, 3.05) is 5.32 Å². The molecule has 0 atom stereocenters. The Kier molecular flexibility index (Phi) is 6.24. The van der Waals surface area contributed by atoms with Crippen molar-refractivity contribution in [3.05, 3.63) is 39.1 Å². The van der Waals surface area contributed by atoms with Crippen LogP contribution in [-0.2, 0) is 17.5 Å². The summed E-state index contributed by atoms with van der Waals surface area (Å²) in [5, 5.41) is 16.3. The van der Waals surface area contributed by atoms with Crippen LogP contribution in [0, 0.1) is 13.8 Å². The fourth-order valence-corrected chi connectivity index (χ4v) is 3.16. The number of aryl methyl sites for hydroxylation is 2. The molecule has 2 aromatic rings. The summed E-state index contributed by atoms with van der Waals surface area (Å²) in [6.45, 7) is 7.12. The number of hydrogen-bond donors (Lipinski definition) is 2. The minimum Gasteiger partial charge on any atom is -0.508 e. The van der Waals surface area contributed by atoms with Gasteiger partial charge in [0.05, 0.1) is 16.7 Å². The molecule has 5 nitrogen and oxygen atoms in total. The summed E-state index contributed by atoms with van der Waals surface area (Å²) in [5.41, 5.74) is 1.27. The van der Waals surface area contributed by atoms with Crippen molar-refractivity contribution >= 4 is 27.5 Å². The van der Waals surface area contributed by atoms with E-state index in [0.29, 0.717) is 22.5 Å². The van der Waals surface area contributed by atoms with Gasteiger partial charge < -0.3 is 10.4 Å². The SMILES string of the molecule is Cc1cc(O)c(C(C)C)cc1NC(=O)CCn1nc(C(F)(F)F)c(Br)c1C. The Morgan fingerprint density at radius 3 is 2.48 bits per heavy atom. The average Bonchev–Trinajstić information content (AvgIpc) is 2.83. The topological polar surface area (TPSA) is 67.2 Å². The Morgan fingerprint density at radius 2 is 1.96 bits per heavy atom. The van der Waals surface area contributed by atoms with Crippen LogP contribution in [0.4, 0.5) is 18.9 Å². The van der Waals surface area contributed by atoms with E-state index in [0.717, 1.165) is 4.68 Å². The van der Waals surface area contributed by atoms with Crippen LogP contribution in [0.5, 0.6) is 5.75 Å². The number of carbonyl (C=O) groups excluding carboxylic acids is 1. The molecule has 148 valence electrons. The van der Waals surface area contributed by atoms with Crippen molar-refractivity contribution in [2.45, 2.75) is 52.8 Å². The van der Waals surface area contributed by atoms with Crippen LogP contribution in [0.2, 0.25) is 0 Å². The largest absolute Gasteiger partial charge is 0.508 e. The molecule has 2 N–H and O–H groups in total. The molecule has 0 spiro atoms. The minimum atomic E-state index is -4.56. The number of nitrogens with one attached hydrogen (secondary N) is 1. The van der Waals surface area contributed by atoms with E-state index in [1.807, 2.05) is 13.8 Å². The van der Waals surface area contributed by atoms with Crippen molar-refractivity contribution < 1.29 is 23.1 Å². The van der Waals surface area contributed by atoms with Gasteiger partial charge in [-0.2, -0.15) is 18.3 Å². The molecule has 0 unspecified atom stereocenters. The van der Waals surface area contributed by atoms with Gasteiger partial charge in [0.25, 0.3) is 0 Å². The molecular formula is C18H21BrF3N3O2. The molecular weight excluding hydrogens is 427 g/mol. The maximum atomic E-state index is 12.9. The molecule has 1 heterocycles. The average molecular weight is 448 g/mol. The zero-order valence-corrected chi connectivity index (χ0v) is 17.0. The fraction of sp³-hybridized carbons (Fsp3) is 0.444. The number of anilines is 1. The van der Waals surface area contributed by atoms with E-state index in [9.17, 15) is 23.1 Å². The molecule has 0 aliphatic carbocycles. The van der Waals surface area contributed by atoms with E-state index in [4.69, 9.17) is 0 Å². The maximum Gasteiger partial charge on any atom is 0.436 e. The number of nitrogens with zero attached hydrogens (tertiary/aromatic N) is 2. The first-order valence-electron chi connectivity index (χ1n) is 8.35. The van der Waals surface area contributed by atoms with Crippen molar-refractivity contribution in [3.8, 4) is 5.75 Å². The van der Waals surface area contributed by atoms with Crippen LogP contribution in [-0.4, -0.2) is 20.8 Å². The van der Waals surface area contributed by atoms with E-state index in [1.165, 1.54) is 6.92 Å². The van der Waals surface area contributed by atoms with Gasteiger partial charge in [0.15, 0.2) is 5.69 Å². The normalized spacial score (nSPS) is 11.9. The first-order valence-corrected chi connectivity index (χ1v) is 9.14. The van der Waals surface area contributed by atoms with Crippen molar-refractivity contribution in [3.63, 3.8) is 0 Å². The minimum absolute atomic E-state index is 0.0144.